The average molecular weight is 282 g/mol. The molecule has 0 aliphatic carbocycles. The number of thiophene rings is 1. The topological polar surface area (TPSA) is 38.3 Å². The summed E-state index contributed by atoms with van der Waals surface area (Å²) in [6.45, 7) is 1.80. The number of methoxy groups -OCH3 is 1. The molecule has 0 radical (unpaired) electrons. The Kier molecular flexibility index (Phi) is 4.89. The summed E-state index contributed by atoms with van der Waals surface area (Å²) in [5.74, 6) is 0.871. The maximum absolute atomic E-state index is 11.9. The molecular formula is C10H13Cl2NO2S. The fraction of sp³-hybridized carbons (Fsp3) is 0.500. The summed E-state index contributed by atoms with van der Waals surface area (Å²) in [5, 5.41) is 4.60. The zero-order chi connectivity index (χ0) is 12.2. The smallest absolute Gasteiger partial charge is 0.265 e. The molecule has 0 aliphatic heterocycles. The summed E-state index contributed by atoms with van der Waals surface area (Å²) in [7, 11) is 1.53. The predicted octanol–water partition coefficient (Wildman–Crippen LogP) is 2.72. The Bertz CT molecular complexity index is 363. The van der Waals surface area contributed by atoms with E-state index in [1.54, 1.807) is 18.4 Å². The second-order valence-corrected chi connectivity index (χ2v) is 5.05. The molecule has 3 nitrogen and oxygen atoms in total. The number of amides is 1. The van der Waals surface area contributed by atoms with Crippen LogP contribution in [-0.2, 0) is 0 Å². The fourth-order valence-corrected chi connectivity index (χ4v) is 2.23. The van der Waals surface area contributed by atoms with Crippen LogP contribution in [0.4, 0.5) is 0 Å². The maximum Gasteiger partial charge on any atom is 0.265 e. The molecule has 0 saturated carbocycles. The Labute approximate surface area is 109 Å². The van der Waals surface area contributed by atoms with Gasteiger partial charge in [-0.25, -0.2) is 0 Å². The predicted molar refractivity (Wildman–Crippen MR) is 68.2 cm³/mol. The van der Waals surface area contributed by atoms with Gasteiger partial charge in [0.2, 0.25) is 0 Å². The fourth-order valence-electron chi connectivity index (χ4n) is 1.06. The molecule has 0 aliphatic rings. The summed E-state index contributed by atoms with van der Waals surface area (Å²) in [6, 6.07) is 1.75. The second-order valence-electron chi connectivity index (χ2n) is 3.60. The van der Waals surface area contributed by atoms with Crippen LogP contribution in [0.2, 0.25) is 0 Å². The van der Waals surface area contributed by atoms with Crippen molar-refractivity contribution in [1.29, 1.82) is 0 Å². The highest BCUT2D eigenvalue weighted by Crippen LogP contribution is 2.25. The number of carbonyl (C=O) groups excluding carboxylic acids is 1. The lowest BCUT2D eigenvalue weighted by Gasteiger charge is -2.25. The minimum absolute atomic E-state index is 0.212. The van der Waals surface area contributed by atoms with Crippen molar-refractivity contribution in [2.45, 2.75) is 12.5 Å². The van der Waals surface area contributed by atoms with E-state index in [1.165, 1.54) is 18.4 Å². The molecular weight excluding hydrogens is 269 g/mol. The third-order valence-corrected chi connectivity index (χ3v) is 4.13. The lowest BCUT2D eigenvalue weighted by Crippen LogP contribution is -2.49. The number of carbonyl (C=O) groups is 1. The first-order valence-electron chi connectivity index (χ1n) is 4.62. The zero-order valence-corrected chi connectivity index (χ0v) is 11.4. The average Bonchev–Trinajstić information content (AvgIpc) is 2.76. The Morgan fingerprint density at radius 1 is 1.56 bits per heavy atom. The summed E-state index contributed by atoms with van der Waals surface area (Å²) in [4.78, 5) is 12.5. The van der Waals surface area contributed by atoms with Crippen molar-refractivity contribution < 1.29 is 9.53 Å². The van der Waals surface area contributed by atoms with Crippen LogP contribution in [-0.4, -0.2) is 30.3 Å². The van der Waals surface area contributed by atoms with Gasteiger partial charge in [-0.15, -0.1) is 34.5 Å². The van der Waals surface area contributed by atoms with Gasteiger partial charge >= 0.3 is 0 Å². The van der Waals surface area contributed by atoms with E-state index >= 15 is 0 Å². The molecule has 1 heterocycles. The Balaban J connectivity index is 2.80. The summed E-state index contributed by atoms with van der Waals surface area (Å²) in [6.07, 6.45) is 0. The third kappa shape index (κ3) is 3.03. The largest absolute Gasteiger partial charge is 0.495 e. The first kappa shape index (κ1) is 13.6. The van der Waals surface area contributed by atoms with Crippen LogP contribution < -0.4 is 10.1 Å². The molecule has 0 spiro atoms. The van der Waals surface area contributed by atoms with E-state index in [-0.39, 0.29) is 17.7 Å². The molecule has 0 fully saturated rings. The van der Waals surface area contributed by atoms with Gasteiger partial charge in [-0.05, 0) is 18.4 Å². The molecule has 0 atom stereocenters. The number of alkyl halides is 2. The highest BCUT2D eigenvalue weighted by molar-refractivity contribution is 7.12. The van der Waals surface area contributed by atoms with E-state index in [9.17, 15) is 4.79 Å². The third-order valence-electron chi connectivity index (χ3n) is 2.06. The van der Waals surface area contributed by atoms with Gasteiger partial charge in [-0.1, -0.05) is 0 Å². The Hall–Kier alpha value is -0.450. The minimum Gasteiger partial charge on any atom is -0.495 e. The van der Waals surface area contributed by atoms with Crippen molar-refractivity contribution in [3.8, 4) is 5.75 Å². The molecule has 1 aromatic heterocycles. The number of nitrogens with one attached hydrogen (secondary N) is 1. The van der Waals surface area contributed by atoms with Gasteiger partial charge in [0.25, 0.3) is 5.91 Å². The van der Waals surface area contributed by atoms with Crippen molar-refractivity contribution in [2.24, 2.45) is 0 Å². The highest BCUT2D eigenvalue weighted by Gasteiger charge is 2.26. The molecule has 16 heavy (non-hydrogen) atoms. The molecule has 0 bridgehead atoms. The van der Waals surface area contributed by atoms with Crippen LogP contribution in [0.25, 0.3) is 0 Å². The van der Waals surface area contributed by atoms with Crippen LogP contribution in [0.5, 0.6) is 5.75 Å². The first-order chi connectivity index (χ1) is 7.56. The molecule has 0 aromatic carbocycles. The maximum atomic E-state index is 11.9. The van der Waals surface area contributed by atoms with E-state index < -0.39 is 5.54 Å². The van der Waals surface area contributed by atoms with Crippen LogP contribution in [0, 0.1) is 0 Å². The van der Waals surface area contributed by atoms with E-state index in [1.807, 2.05) is 0 Å². The lowest BCUT2D eigenvalue weighted by molar-refractivity contribution is 0.0923. The van der Waals surface area contributed by atoms with Crippen molar-refractivity contribution in [1.82, 2.24) is 5.32 Å². The number of halogens is 2. The molecule has 6 heteroatoms. The number of hydrogen-bond acceptors (Lipinski definition) is 3. The first-order valence-corrected chi connectivity index (χ1v) is 6.57. The lowest BCUT2D eigenvalue weighted by atomic mass is 10.1. The molecule has 90 valence electrons. The van der Waals surface area contributed by atoms with Gasteiger partial charge in [0.15, 0.2) is 0 Å². The number of rotatable bonds is 5. The monoisotopic (exact) mass is 281 g/mol. The minimum atomic E-state index is -0.602. The van der Waals surface area contributed by atoms with Gasteiger partial charge in [-0.3, -0.25) is 4.79 Å². The molecule has 0 saturated heterocycles. The summed E-state index contributed by atoms with van der Waals surface area (Å²) < 4.78 is 5.07. The van der Waals surface area contributed by atoms with Crippen molar-refractivity contribution >= 4 is 40.4 Å². The number of hydrogen-bond donors (Lipinski definition) is 1. The SMILES string of the molecule is COc1ccsc1C(=O)NC(C)(CCl)CCl. The van der Waals surface area contributed by atoms with E-state index in [0.29, 0.717) is 10.6 Å². The standard InChI is InChI=1S/C10H13Cl2NO2S/c1-10(5-11,6-12)13-9(14)8-7(15-2)3-4-16-8/h3-4H,5-6H2,1-2H3,(H,13,14). The van der Waals surface area contributed by atoms with Gasteiger partial charge in [0.1, 0.15) is 10.6 Å². The summed E-state index contributed by atoms with van der Waals surface area (Å²) in [5.41, 5.74) is -0.602. The van der Waals surface area contributed by atoms with Crippen LogP contribution in [0.1, 0.15) is 16.6 Å². The Morgan fingerprint density at radius 3 is 2.69 bits per heavy atom. The van der Waals surface area contributed by atoms with Crippen LogP contribution in [0.15, 0.2) is 11.4 Å². The van der Waals surface area contributed by atoms with Crippen molar-refractivity contribution in [2.75, 3.05) is 18.9 Å². The quantitative estimate of drug-likeness (QED) is 0.843. The van der Waals surface area contributed by atoms with Crippen molar-refractivity contribution in [3.05, 3.63) is 16.3 Å². The van der Waals surface area contributed by atoms with Crippen LogP contribution in [0.3, 0.4) is 0 Å². The van der Waals surface area contributed by atoms with Gasteiger partial charge in [0.05, 0.1) is 12.6 Å². The second kappa shape index (κ2) is 5.75. The normalized spacial score (nSPS) is 11.2. The van der Waals surface area contributed by atoms with E-state index in [2.05, 4.69) is 5.32 Å². The number of ether oxygens (including phenoxy) is 1. The van der Waals surface area contributed by atoms with Gasteiger partial charge < -0.3 is 10.1 Å². The molecule has 1 aromatic rings. The Morgan fingerprint density at radius 2 is 2.19 bits per heavy atom. The van der Waals surface area contributed by atoms with Crippen molar-refractivity contribution in [3.63, 3.8) is 0 Å². The summed E-state index contributed by atoms with van der Waals surface area (Å²) >= 11 is 12.8. The van der Waals surface area contributed by atoms with Gasteiger partial charge in [0, 0.05) is 11.8 Å². The molecule has 0 unspecified atom stereocenters. The molecule has 1 rings (SSSR count). The van der Waals surface area contributed by atoms with Crippen LogP contribution >= 0.6 is 34.5 Å². The van der Waals surface area contributed by atoms with E-state index in [4.69, 9.17) is 27.9 Å². The van der Waals surface area contributed by atoms with E-state index in [0.717, 1.165) is 0 Å². The molecule has 1 amide bonds. The highest BCUT2D eigenvalue weighted by atomic mass is 35.5. The zero-order valence-electron chi connectivity index (χ0n) is 9.05. The molecule has 1 N–H and O–H groups in total. The van der Waals surface area contributed by atoms with Gasteiger partial charge in [-0.2, -0.15) is 0 Å².